The molecular weight excluding hydrogens is 320 g/mol. The van der Waals surface area contributed by atoms with E-state index in [1.54, 1.807) is 26.4 Å². The lowest BCUT2D eigenvalue weighted by Gasteiger charge is -2.30. The molecule has 0 unspecified atom stereocenters. The highest BCUT2D eigenvalue weighted by atomic mass is 16.6. The molecule has 25 heavy (non-hydrogen) atoms. The molecule has 2 aromatic carbocycles. The highest BCUT2D eigenvalue weighted by molar-refractivity contribution is 5.42. The molecule has 0 amide bonds. The Morgan fingerprint density at radius 3 is 2.12 bits per heavy atom. The summed E-state index contributed by atoms with van der Waals surface area (Å²) < 4.78 is 11.4. The fourth-order valence-electron chi connectivity index (χ4n) is 2.76. The van der Waals surface area contributed by atoms with Crippen molar-refractivity contribution in [3.63, 3.8) is 0 Å². The summed E-state index contributed by atoms with van der Waals surface area (Å²) in [5, 5.41) is 10.7. The first-order chi connectivity index (χ1) is 11.8. The maximum Gasteiger partial charge on any atom is 0.269 e. The second-order valence-electron chi connectivity index (χ2n) is 6.68. The molecular formula is C19H25N2O4+. The Balaban J connectivity index is 2.00. The zero-order valence-electron chi connectivity index (χ0n) is 15.2. The smallest absolute Gasteiger partial charge is 0.269 e. The summed E-state index contributed by atoms with van der Waals surface area (Å²) in [6.45, 7) is 1.75. The van der Waals surface area contributed by atoms with Crippen molar-refractivity contribution >= 4 is 5.69 Å². The van der Waals surface area contributed by atoms with Gasteiger partial charge in [0.15, 0.2) is 11.5 Å². The Morgan fingerprint density at radius 2 is 1.56 bits per heavy atom. The first-order valence-corrected chi connectivity index (χ1v) is 8.11. The van der Waals surface area contributed by atoms with Crippen LogP contribution in [0.4, 0.5) is 5.69 Å². The average molecular weight is 345 g/mol. The minimum atomic E-state index is -0.374. The summed E-state index contributed by atoms with van der Waals surface area (Å²) >= 11 is 0. The van der Waals surface area contributed by atoms with Crippen LogP contribution in [0.25, 0.3) is 0 Å². The number of benzene rings is 2. The predicted octanol–water partition coefficient (Wildman–Crippen LogP) is 3.43. The molecule has 0 N–H and O–H groups in total. The number of nitro benzene ring substituents is 1. The third kappa shape index (κ3) is 5.19. The van der Waals surface area contributed by atoms with Crippen molar-refractivity contribution in [1.29, 1.82) is 0 Å². The van der Waals surface area contributed by atoms with E-state index in [0.717, 1.165) is 41.1 Å². The maximum absolute atomic E-state index is 10.7. The summed E-state index contributed by atoms with van der Waals surface area (Å²) in [5.41, 5.74) is 2.40. The zero-order chi connectivity index (χ0) is 18.4. The topological polar surface area (TPSA) is 61.6 Å². The minimum absolute atomic E-state index is 0.124. The molecule has 2 rings (SSSR count). The van der Waals surface area contributed by atoms with Crippen LogP contribution in [0.5, 0.6) is 11.5 Å². The van der Waals surface area contributed by atoms with Crippen LogP contribution in [-0.2, 0) is 13.0 Å². The van der Waals surface area contributed by atoms with Crippen LogP contribution in [0, 0.1) is 10.1 Å². The van der Waals surface area contributed by atoms with Crippen LogP contribution < -0.4 is 9.47 Å². The summed E-state index contributed by atoms with van der Waals surface area (Å²) in [4.78, 5) is 10.4. The number of quaternary nitrogens is 1. The highest BCUT2D eigenvalue weighted by Crippen LogP contribution is 2.28. The monoisotopic (exact) mass is 345 g/mol. The quantitative estimate of drug-likeness (QED) is 0.418. The van der Waals surface area contributed by atoms with Gasteiger partial charge in [-0.1, -0.05) is 6.07 Å². The Kier molecular flexibility index (Phi) is 5.98. The largest absolute Gasteiger partial charge is 0.493 e. The molecule has 6 nitrogen and oxygen atoms in total. The summed E-state index contributed by atoms with van der Waals surface area (Å²) in [5.74, 6) is 1.46. The molecule has 0 aliphatic carbocycles. The van der Waals surface area contributed by atoms with Crippen LogP contribution in [0.3, 0.4) is 0 Å². The van der Waals surface area contributed by atoms with Gasteiger partial charge in [-0.3, -0.25) is 10.1 Å². The molecule has 0 aliphatic heterocycles. The lowest BCUT2D eigenvalue weighted by atomic mass is 10.1. The van der Waals surface area contributed by atoms with E-state index in [1.807, 2.05) is 30.3 Å². The van der Waals surface area contributed by atoms with E-state index < -0.39 is 0 Å². The number of ether oxygens (including phenoxy) is 2. The van der Waals surface area contributed by atoms with Crippen molar-refractivity contribution in [3.05, 3.63) is 63.7 Å². The van der Waals surface area contributed by atoms with E-state index in [0.29, 0.717) is 0 Å². The second-order valence-corrected chi connectivity index (χ2v) is 6.68. The Hall–Kier alpha value is -2.60. The number of hydrogen-bond acceptors (Lipinski definition) is 4. The van der Waals surface area contributed by atoms with Gasteiger partial charge in [0, 0.05) is 24.1 Å². The van der Waals surface area contributed by atoms with E-state index >= 15 is 0 Å². The molecule has 0 heterocycles. The molecule has 0 spiro atoms. The molecule has 134 valence electrons. The van der Waals surface area contributed by atoms with Crippen molar-refractivity contribution in [2.24, 2.45) is 0 Å². The van der Waals surface area contributed by atoms with Crippen LogP contribution >= 0.6 is 0 Å². The normalized spacial score (nSPS) is 11.2. The highest BCUT2D eigenvalue weighted by Gasteiger charge is 2.17. The number of hydrogen-bond donors (Lipinski definition) is 0. The third-order valence-corrected chi connectivity index (χ3v) is 4.21. The van der Waals surface area contributed by atoms with Crippen molar-refractivity contribution in [1.82, 2.24) is 0 Å². The van der Waals surface area contributed by atoms with Gasteiger partial charge in [0.1, 0.15) is 6.54 Å². The number of non-ortho nitro benzene ring substituents is 1. The number of methoxy groups -OCH3 is 2. The Labute approximate surface area is 148 Å². The van der Waals surface area contributed by atoms with Crippen LogP contribution in [-0.4, -0.2) is 44.3 Å². The van der Waals surface area contributed by atoms with Crippen LogP contribution in [0.2, 0.25) is 0 Å². The van der Waals surface area contributed by atoms with Gasteiger partial charge in [-0.15, -0.1) is 0 Å². The standard InChI is InChI=1S/C19H25N2O4/c1-21(2,14-16-5-8-17(9-6-16)20(22)23)12-11-15-7-10-18(24-3)19(13-15)25-4/h5-10,13H,11-12,14H2,1-4H3/q+1. The SMILES string of the molecule is COc1ccc(CC[N+](C)(C)Cc2ccc([N+](=O)[O-])cc2)cc1OC. The van der Waals surface area contributed by atoms with Crippen LogP contribution in [0.15, 0.2) is 42.5 Å². The lowest BCUT2D eigenvalue weighted by Crippen LogP contribution is -2.40. The molecule has 2 aromatic rings. The van der Waals surface area contributed by atoms with Gasteiger partial charge in [-0.2, -0.15) is 0 Å². The van der Waals surface area contributed by atoms with Gasteiger partial charge < -0.3 is 14.0 Å². The molecule has 0 atom stereocenters. The number of nitrogens with zero attached hydrogens (tertiary/aromatic N) is 2. The van der Waals surface area contributed by atoms with Gasteiger partial charge in [0.25, 0.3) is 5.69 Å². The van der Waals surface area contributed by atoms with Gasteiger partial charge in [-0.05, 0) is 29.8 Å². The summed E-state index contributed by atoms with van der Waals surface area (Å²) in [6.07, 6.45) is 0.903. The van der Waals surface area contributed by atoms with E-state index in [1.165, 1.54) is 5.56 Å². The lowest BCUT2D eigenvalue weighted by molar-refractivity contribution is -0.903. The first kappa shape index (κ1) is 18.7. The van der Waals surface area contributed by atoms with Crippen molar-refractivity contribution in [2.75, 3.05) is 34.9 Å². The molecule has 0 saturated carbocycles. The van der Waals surface area contributed by atoms with Gasteiger partial charge in [0.05, 0.1) is 39.8 Å². The van der Waals surface area contributed by atoms with Crippen molar-refractivity contribution in [3.8, 4) is 11.5 Å². The number of rotatable bonds is 8. The maximum atomic E-state index is 10.7. The van der Waals surface area contributed by atoms with Gasteiger partial charge in [0.2, 0.25) is 0 Å². The summed E-state index contributed by atoms with van der Waals surface area (Å²) in [6, 6.07) is 12.7. The number of nitro groups is 1. The van der Waals surface area contributed by atoms with E-state index in [9.17, 15) is 10.1 Å². The molecule has 6 heteroatoms. The van der Waals surface area contributed by atoms with E-state index in [-0.39, 0.29) is 10.6 Å². The zero-order valence-corrected chi connectivity index (χ0v) is 15.2. The summed E-state index contributed by atoms with van der Waals surface area (Å²) in [7, 11) is 7.57. The average Bonchev–Trinajstić information content (AvgIpc) is 2.59. The minimum Gasteiger partial charge on any atom is -0.493 e. The molecule has 0 aliphatic rings. The molecule has 0 fully saturated rings. The van der Waals surface area contributed by atoms with E-state index in [4.69, 9.17) is 9.47 Å². The molecule has 0 saturated heterocycles. The Bertz CT molecular complexity index is 727. The second kappa shape index (κ2) is 7.98. The predicted molar refractivity (Wildman–Crippen MR) is 97.0 cm³/mol. The van der Waals surface area contributed by atoms with Crippen molar-refractivity contribution < 1.29 is 18.9 Å². The van der Waals surface area contributed by atoms with Crippen molar-refractivity contribution in [2.45, 2.75) is 13.0 Å². The van der Waals surface area contributed by atoms with Gasteiger partial charge in [-0.25, -0.2) is 0 Å². The molecule has 0 radical (unpaired) electrons. The van der Waals surface area contributed by atoms with Crippen LogP contribution in [0.1, 0.15) is 11.1 Å². The Morgan fingerprint density at radius 1 is 0.960 bits per heavy atom. The first-order valence-electron chi connectivity index (χ1n) is 8.11. The fraction of sp³-hybridized carbons (Fsp3) is 0.368. The molecule has 0 bridgehead atoms. The number of likely N-dealkylation sites (N-methyl/N-ethyl adjacent to an activating group) is 1. The fourth-order valence-corrected chi connectivity index (χ4v) is 2.76. The van der Waals surface area contributed by atoms with Gasteiger partial charge >= 0.3 is 0 Å². The molecule has 0 aromatic heterocycles. The van der Waals surface area contributed by atoms with E-state index in [2.05, 4.69) is 14.1 Å². The third-order valence-electron chi connectivity index (χ3n) is 4.21.